The highest BCUT2D eigenvalue weighted by Gasteiger charge is 2.42. The maximum atomic E-state index is 14.0. The Hall–Kier alpha value is -2.00. The standard InChI is InChI=1S/C20H20F2O/c1-2-3-4-14-5-7-15(8-6-14)16-9-11-18-17(13-16)10-12-19(23)20(18,21)22/h5-13,19,23H,2-4H2,1H3. The van der Waals surface area contributed by atoms with Crippen molar-refractivity contribution >= 4 is 6.08 Å². The second kappa shape index (κ2) is 6.25. The van der Waals surface area contributed by atoms with E-state index in [0.29, 0.717) is 5.56 Å². The maximum absolute atomic E-state index is 14.0. The SMILES string of the molecule is CCCCc1ccc(-c2ccc3c(c2)C=CC(O)C3(F)F)cc1. The van der Waals surface area contributed by atoms with E-state index >= 15 is 0 Å². The summed E-state index contributed by atoms with van der Waals surface area (Å²) in [5.41, 5.74) is 3.56. The molecule has 23 heavy (non-hydrogen) atoms. The number of hydrogen-bond donors (Lipinski definition) is 1. The van der Waals surface area contributed by atoms with Crippen molar-refractivity contribution in [2.24, 2.45) is 0 Å². The van der Waals surface area contributed by atoms with Crippen LogP contribution in [0.5, 0.6) is 0 Å². The first-order valence-corrected chi connectivity index (χ1v) is 8.00. The van der Waals surface area contributed by atoms with Gasteiger partial charge in [0.2, 0.25) is 0 Å². The van der Waals surface area contributed by atoms with Gasteiger partial charge >= 0.3 is 5.92 Å². The van der Waals surface area contributed by atoms with Crippen LogP contribution in [0.15, 0.2) is 48.5 Å². The minimum absolute atomic E-state index is 0.115. The molecule has 1 atom stereocenters. The second-order valence-electron chi connectivity index (χ2n) is 6.03. The molecule has 0 fully saturated rings. The van der Waals surface area contributed by atoms with Crippen LogP contribution >= 0.6 is 0 Å². The first-order chi connectivity index (χ1) is 11.0. The van der Waals surface area contributed by atoms with Crippen molar-refractivity contribution in [2.45, 2.75) is 38.2 Å². The number of alkyl halides is 2. The Morgan fingerprint density at radius 1 is 1.04 bits per heavy atom. The Labute approximate surface area is 135 Å². The first kappa shape index (κ1) is 15.9. The topological polar surface area (TPSA) is 20.2 Å². The molecular formula is C20H20F2O. The van der Waals surface area contributed by atoms with Crippen LogP contribution in [0.1, 0.15) is 36.5 Å². The minimum atomic E-state index is -3.23. The summed E-state index contributed by atoms with van der Waals surface area (Å²) in [5.74, 6) is -3.23. The summed E-state index contributed by atoms with van der Waals surface area (Å²) in [4.78, 5) is 0. The van der Waals surface area contributed by atoms with E-state index in [0.717, 1.165) is 23.6 Å². The molecule has 0 saturated carbocycles. The molecule has 2 aromatic carbocycles. The summed E-state index contributed by atoms with van der Waals surface area (Å²) < 4.78 is 28.0. The van der Waals surface area contributed by atoms with Crippen molar-refractivity contribution in [3.63, 3.8) is 0 Å². The largest absolute Gasteiger partial charge is 0.382 e. The second-order valence-corrected chi connectivity index (χ2v) is 6.03. The Balaban J connectivity index is 1.90. The van der Waals surface area contributed by atoms with Crippen LogP contribution in [0.25, 0.3) is 17.2 Å². The summed E-state index contributed by atoms with van der Waals surface area (Å²) in [7, 11) is 0. The zero-order valence-corrected chi connectivity index (χ0v) is 13.1. The summed E-state index contributed by atoms with van der Waals surface area (Å²) in [6.45, 7) is 2.17. The molecule has 0 radical (unpaired) electrons. The van der Waals surface area contributed by atoms with E-state index < -0.39 is 12.0 Å². The van der Waals surface area contributed by atoms with Crippen LogP contribution in [-0.4, -0.2) is 11.2 Å². The van der Waals surface area contributed by atoms with Crippen LogP contribution in [0.4, 0.5) is 8.78 Å². The first-order valence-electron chi connectivity index (χ1n) is 8.00. The number of fused-ring (bicyclic) bond motifs is 1. The molecule has 120 valence electrons. The number of rotatable bonds is 4. The molecule has 1 N–H and O–H groups in total. The van der Waals surface area contributed by atoms with Gasteiger partial charge in [-0.15, -0.1) is 0 Å². The zero-order chi connectivity index (χ0) is 16.4. The molecule has 0 spiro atoms. The van der Waals surface area contributed by atoms with Crippen LogP contribution in [0.2, 0.25) is 0 Å². The Bertz CT molecular complexity index is 717. The van der Waals surface area contributed by atoms with Gasteiger partial charge in [0.15, 0.2) is 0 Å². The molecule has 1 aliphatic carbocycles. The quantitative estimate of drug-likeness (QED) is 0.825. The smallest absolute Gasteiger partial charge is 0.302 e. The van der Waals surface area contributed by atoms with Gasteiger partial charge in [0.05, 0.1) is 0 Å². The van der Waals surface area contributed by atoms with Crippen molar-refractivity contribution in [3.8, 4) is 11.1 Å². The third-order valence-corrected chi connectivity index (χ3v) is 4.35. The molecule has 0 saturated heterocycles. The molecule has 3 rings (SSSR count). The Kier molecular flexibility index (Phi) is 4.31. The number of aliphatic hydroxyl groups excluding tert-OH is 1. The molecular weight excluding hydrogens is 294 g/mol. The summed E-state index contributed by atoms with van der Waals surface area (Å²) in [5, 5.41) is 9.43. The normalized spacial score (nSPS) is 18.7. The molecule has 0 amide bonds. The zero-order valence-electron chi connectivity index (χ0n) is 13.1. The fourth-order valence-electron chi connectivity index (χ4n) is 2.90. The van der Waals surface area contributed by atoms with Gasteiger partial charge in [0.25, 0.3) is 0 Å². The van der Waals surface area contributed by atoms with Crippen molar-refractivity contribution in [3.05, 3.63) is 65.2 Å². The van der Waals surface area contributed by atoms with Gasteiger partial charge in [-0.05, 0) is 47.2 Å². The van der Waals surface area contributed by atoms with E-state index in [9.17, 15) is 13.9 Å². The van der Waals surface area contributed by atoms with E-state index in [1.54, 1.807) is 18.2 Å². The van der Waals surface area contributed by atoms with Gasteiger partial charge in [-0.3, -0.25) is 0 Å². The number of aryl methyl sites for hydroxylation is 1. The van der Waals surface area contributed by atoms with Crippen LogP contribution in [0, 0.1) is 0 Å². The summed E-state index contributed by atoms with van der Waals surface area (Å²) in [6, 6.07) is 13.1. The molecule has 0 aliphatic heterocycles. The lowest BCUT2D eigenvalue weighted by atomic mass is 9.89. The van der Waals surface area contributed by atoms with E-state index in [2.05, 4.69) is 19.1 Å². The highest BCUT2D eigenvalue weighted by atomic mass is 19.3. The van der Waals surface area contributed by atoms with Gasteiger partial charge in [-0.1, -0.05) is 55.8 Å². The highest BCUT2D eigenvalue weighted by Crippen LogP contribution is 2.40. The van der Waals surface area contributed by atoms with Crippen molar-refractivity contribution in [1.82, 2.24) is 0 Å². The van der Waals surface area contributed by atoms with Gasteiger partial charge in [0, 0.05) is 5.56 Å². The van der Waals surface area contributed by atoms with E-state index in [1.165, 1.54) is 24.5 Å². The predicted octanol–water partition coefficient (Wildman–Crippen LogP) is 5.18. The number of aliphatic hydroxyl groups is 1. The van der Waals surface area contributed by atoms with E-state index in [-0.39, 0.29) is 5.56 Å². The van der Waals surface area contributed by atoms with Crippen LogP contribution in [0.3, 0.4) is 0 Å². The molecule has 0 bridgehead atoms. The molecule has 3 heteroatoms. The number of benzene rings is 2. The van der Waals surface area contributed by atoms with Gasteiger partial charge in [-0.25, -0.2) is 0 Å². The molecule has 1 nitrogen and oxygen atoms in total. The Morgan fingerprint density at radius 3 is 2.43 bits per heavy atom. The number of unbranched alkanes of at least 4 members (excludes halogenated alkanes) is 1. The lowest BCUT2D eigenvalue weighted by molar-refractivity contribution is -0.0939. The maximum Gasteiger partial charge on any atom is 0.302 e. The number of halogens is 2. The number of hydrogen-bond acceptors (Lipinski definition) is 1. The molecule has 2 aromatic rings. The summed E-state index contributed by atoms with van der Waals surface area (Å²) >= 11 is 0. The predicted molar refractivity (Wildman–Crippen MR) is 89.4 cm³/mol. The minimum Gasteiger partial charge on any atom is -0.382 e. The average molecular weight is 314 g/mol. The molecule has 0 heterocycles. The van der Waals surface area contributed by atoms with Gasteiger partial charge < -0.3 is 5.11 Å². The monoisotopic (exact) mass is 314 g/mol. The highest BCUT2D eigenvalue weighted by molar-refractivity contribution is 5.71. The van der Waals surface area contributed by atoms with E-state index in [4.69, 9.17) is 0 Å². The van der Waals surface area contributed by atoms with Crippen LogP contribution < -0.4 is 0 Å². The third kappa shape index (κ3) is 3.06. The Morgan fingerprint density at radius 2 is 1.74 bits per heavy atom. The molecule has 1 unspecified atom stereocenters. The average Bonchev–Trinajstić information content (AvgIpc) is 2.57. The van der Waals surface area contributed by atoms with Gasteiger partial charge in [-0.2, -0.15) is 8.78 Å². The van der Waals surface area contributed by atoms with E-state index in [1.807, 2.05) is 12.1 Å². The molecule has 1 aliphatic rings. The lowest BCUT2D eigenvalue weighted by Crippen LogP contribution is -2.32. The van der Waals surface area contributed by atoms with Gasteiger partial charge in [0.1, 0.15) is 6.10 Å². The van der Waals surface area contributed by atoms with Crippen molar-refractivity contribution < 1.29 is 13.9 Å². The fraction of sp³-hybridized carbons (Fsp3) is 0.300. The summed E-state index contributed by atoms with van der Waals surface area (Å²) in [6.07, 6.45) is 4.36. The molecule has 0 aromatic heterocycles. The lowest BCUT2D eigenvalue weighted by Gasteiger charge is -2.26. The van der Waals surface area contributed by atoms with Crippen LogP contribution in [-0.2, 0) is 12.3 Å². The fourth-order valence-corrected chi connectivity index (χ4v) is 2.90. The third-order valence-electron chi connectivity index (χ3n) is 4.35. The van der Waals surface area contributed by atoms with Crippen molar-refractivity contribution in [1.29, 1.82) is 0 Å². The van der Waals surface area contributed by atoms with Crippen molar-refractivity contribution in [2.75, 3.05) is 0 Å².